The molecule has 0 fully saturated rings. The number of hydrogen-bond acceptors (Lipinski definition) is 1. The predicted molar refractivity (Wildman–Crippen MR) is 72.6 cm³/mol. The number of para-hydroxylation sites is 1. The minimum absolute atomic E-state index is 1.12. The summed E-state index contributed by atoms with van der Waals surface area (Å²) in [6.07, 6.45) is 4.82. The van der Waals surface area contributed by atoms with Gasteiger partial charge < -0.3 is 0 Å². The highest BCUT2D eigenvalue weighted by atomic mass is 79.9. The van der Waals surface area contributed by atoms with Crippen LogP contribution in [0.5, 0.6) is 0 Å². The quantitative estimate of drug-likeness (QED) is 0.781. The molecule has 0 aliphatic heterocycles. The van der Waals surface area contributed by atoms with E-state index in [2.05, 4.69) is 47.1 Å². The molecule has 2 nitrogen and oxygen atoms in total. The predicted octanol–water partition coefficient (Wildman–Crippen LogP) is 3.82. The first-order chi connectivity index (χ1) is 8.27. The van der Waals surface area contributed by atoms with Crippen molar-refractivity contribution in [2.75, 3.05) is 0 Å². The summed E-state index contributed by atoms with van der Waals surface area (Å²) in [7, 11) is 0. The fraction of sp³-hybridized carbons (Fsp3) is 0.357. The van der Waals surface area contributed by atoms with E-state index in [9.17, 15) is 0 Å². The highest BCUT2D eigenvalue weighted by molar-refractivity contribution is 9.10. The van der Waals surface area contributed by atoms with Gasteiger partial charge >= 0.3 is 0 Å². The maximum Gasteiger partial charge on any atom is 0.113 e. The lowest BCUT2D eigenvalue weighted by Crippen LogP contribution is -2.00. The van der Waals surface area contributed by atoms with Crippen molar-refractivity contribution < 1.29 is 0 Å². The van der Waals surface area contributed by atoms with E-state index < -0.39 is 0 Å². The fourth-order valence-corrected chi connectivity index (χ4v) is 3.17. The van der Waals surface area contributed by atoms with Gasteiger partial charge in [0.15, 0.2) is 0 Å². The molecule has 0 spiro atoms. The number of fused-ring (bicyclic) bond motifs is 1. The van der Waals surface area contributed by atoms with Crippen LogP contribution in [0, 0.1) is 6.92 Å². The second-order valence-corrected chi connectivity index (χ2v) is 5.37. The molecule has 1 aromatic carbocycles. The van der Waals surface area contributed by atoms with Gasteiger partial charge in [-0.25, -0.2) is 4.68 Å². The Balaban J connectivity index is 2.16. The number of aromatic nitrogens is 2. The van der Waals surface area contributed by atoms with Gasteiger partial charge in [0.2, 0.25) is 0 Å². The van der Waals surface area contributed by atoms with E-state index in [1.54, 1.807) is 0 Å². The van der Waals surface area contributed by atoms with Gasteiger partial charge in [-0.3, -0.25) is 0 Å². The number of rotatable bonds is 1. The molecule has 1 aliphatic carbocycles. The van der Waals surface area contributed by atoms with E-state index in [-0.39, 0.29) is 0 Å². The largest absolute Gasteiger partial charge is 0.226 e. The van der Waals surface area contributed by atoms with Crippen LogP contribution < -0.4 is 0 Å². The average Bonchev–Trinajstić information content (AvgIpc) is 2.68. The van der Waals surface area contributed by atoms with E-state index >= 15 is 0 Å². The number of halogens is 1. The molecule has 1 aliphatic rings. The van der Waals surface area contributed by atoms with Crippen LogP contribution in [0.2, 0.25) is 0 Å². The van der Waals surface area contributed by atoms with E-state index in [0.717, 1.165) is 17.4 Å². The molecule has 3 rings (SSSR count). The maximum absolute atomic E-state index is 4.75. The first-order valence-corrected chi connectivity index (χ1v) is 6.89. The second-order valence-electron chi connectivity index (χ2n) is 4.62. The van der Waals surface area contributed by atoms with Crippen LogP contribution in [0.3, 0.4) is 0 Å². The molecule has 88 valence electrons. The average molecular weight is 291 g/mol. The van der Waals surface area contributed by atoms with Crippen molar-refractivity contribution in [3.05, 3.63) is 45.7 Å². The highest BCUT2D eigenvalue weighted by Gasteiger charge is 2.19. The van der Waals surface area contributed by atoms with Gasteiger partial charge in [-0.05, 0) is 60.2 Å². The third-order valence-electron chi connectivity index (χ3n) is 3.44. The van der Waals surface area contributed by atoms with Gasteiger partial charge in [0.1, 0.15) is 4.60 Å². The Hall–Kier alpha value is -1.09. The number of nitrogens with zero attached hydrogens (tertiary/aromatic N) is 2. The molecule has 0 N–H and O–H groups in total. The van der Waals surface area contributed by atoms with Crippen LogP contribution in [0.1, 0.15) is 29.7 Å². The van der Waals surface area contributed by atoms with Gasteiger partial charge in [-0.2, -0.15) is 5.10 Å². The fourth-order valence-electron chi connectivity index (χ4n) is 2.48. The summed E-state index contributed by atoms with van der Waals surface area (Å²) >= 11 is 3.71. The standard InChI is InChI=1S/C14H15BrN2/c1-10-6-2-5-9-13(10)17-14(15)11-7-3-4-8-12(11)16-17/h2,5-6,9H,3-4,7-8H2,1H3. The van der Waals surface area contributed by atoms with E-state index in [4.69, 9.17) is 5.10 Å². The molecular weight excluding hydrogens is 276 g/mol. The summed E-state index contributed by atoms with van der Waals surface area (Å²) in [5.74, 6) is 0. The topological polar surface area (TPSA) is 17.8 Å². The van der Waals surface area contributed by atoms with Crippen molar-refractivity contribution >= 4 is 15.9 Å². The molecular formula is C14H15BrN2. The van der Waals surface area contributed by atoms with Gasteiger partial charge in [0.25, 0.3) is 0 Å². The van der Waals surface area contributed by atoms with Gasteiger partial charge in [-0.1, -0.05) is 18.2 Å². The third-order valence-corrected chi connectivity index (χ3v) is 4.25. The van der Waals surface area contributed by atoms with Gasteiger partial charge in [0, 0.05) is 5.56 Å². The zero-order valence-electron chi connectivity index (χ0n) is 9.91. The smallest absolute Gasteiger partial charge is 0.113 e. The monoisotopic (exact) mass is 290 g/mol. The Labute approximate surface area is 110 Å². The van der Waals surface area contributed by atoms with Crippen molar-refractivity contribution in [1.82, 2.24) is 9.78 Å². The zero-order chi connectivity index (χ0) is 11.8. The van der Waals surface area contributed by atoms with Crippen LogP contribution in [0.25, 0.3) is 5.69 Å². The normalized spacial score (nSPS) is 14.7. The van der Waals surface area contributed by atoms with Crippen LogP contribution in [0.4, 0.5) is 0 Å². The molecule has 0 radical (unpaired) electrons. The molecule has 0 unspecified atom stereocenters. The first-order valence-electron chi connectivity index (χ1n) is 6.09. The summed E-state index contributed by atoms with van der Waals surface area (Å²) in [6, 6.07) is 8.38. The molecule has 0 bridgehead atoms. The molecule has 0 amide bonds. The van der Waals surface area contributed by atoms with Crippen LogP contribution in [-0.2, 0) is 12.8 Å². The molecule has 0 atom stereocenters. The minimum Gasteiger partial charge on any atom is -0.226 e. The summed E-state index contributed by atoms with van der Waals surface area (Å²) < 4.78 is 3.19. The van der Waals surface area contributed by atoms with E-state index in [1.165, 1.54) is 35.3 Å². The Kier molecular flexibility index (Phi) is 2.79. The van der Waals surface area contributed by atoms with Gasteiger partial charge in [-0.15, -0.1) is 0 Å². The summed E-state index contributed by atoms with van der Waals surface area (Å²) in [4.78, 5) is 0. The maximum atomic E-state index is 4.75. The first kappa shape index (κ1) is 11.0. The molecule has 0 saturated carbocycles. The second kappa shape index (κ2) is 4.30. The van der Waals surface area contributed by atoms with Crippen LogP contribution in [0.15, 0.2) is 28.9 Å². The lowest BCUT2D eigenvalue weighted by Gasteiger charge is -2.08. The van der Waals surface area contributed by atoms with Crippen molar-refractivity contribution in [1.29, 1.82) is 0 Å². The number of hydrogen-bond donors (Lipinski definition) is 0. The molecule has 17 heavy (non-hydrogen) atoms. The van der Waals surface area contributed by atoms with Crippen molar-refractivity contribution in [3.63, 3.8) is 0 Å². The third kappa shape index (κ3) is 1.82. The van der Waals surface area contributed by atoms with E-state index in [1.807, 2.05) is 4.68 Å². The summed E-state index contributed by atoms with van der Waals surface area (Å²) in [5, 5.41) is 4.75. The number of aryl methyl sites for hydroxylation is 2. The molecule has 3 heteroatoms. The highest BCUT2D eigenvalue weighted by Crippen LogP contribution is 2.30. The lowest BCUT2D eigenvalue weighted by molar-refractivity contribution is 0.671. The molecule has 2 aromatic rings. The van der Waals surface area contributed by atoms with Crippen molar-refractivity contribution in [2.45, 2.75) is 32.6 Å². The Bertz CT molecular complexity index is 557. The Morgan fingerprint density at radius 1 is 1.18 bits per heavy atom. The Morgan fingerprint density at radius 2 is 1.94 bits per heavy atom. The molecule has 1 heterocycles. The van der Waals surface area contributed by atoms with Crippen LogP contribution >= 0.6 is 15.9 Å². The minimum atomic E-state index is 1.12. The van der Waals surface area contributed by atoms with Crippen molar-refractivity contribution in [3.8, 4) is 5.69 Å². The lowest BCUT2D eigenvalue weighted by atomic mass is 9.99. The van der Waals surface area contributed by atoms with E-state index in [0.29, 0.717) is 0 Å². The summed E-state index contributed by atoms with van der Waals surface area (Å²) in [5.41, 5.74) is 5.10. The molecule has 1 aromatic heterocycles. The molecule has 0 saturated heterocycles. The number of benzene rings is 1. The van der Waals surface area contributed by atoms with Crippen molar-refractivity contribution in [2.24, 2.45) is 0 Å². The van der Waals surface area contributed by atoms with Gasteiger partial charge in [0.05, 0.1) is 11.4 Å². The SMILES string of the molecule is Cc1ccccc1-n1nc2c(c1Br)CCCC2. The zero-order valence-corrected chi connectivity index (χ0v) is 11.5. The Morgan fingerprint density at radius 3 is 2.71 bits per heavy atom. The van der Waals surface area contributed by atoms with Crippen LogP contribution in [-0.4, -0.2) is 9.78 Å². The summed E-state index contributed by atoms with van der Waals surface area (Å²) in [6.45, 7) is 2.13.